The third-order valence-electron chi connectivity index (χ3n) is 4.36. The Bertz CT molecular complexity index is 455. The molecule has 0 radical (unpaired) electrons. The molecule has 0 aliphatic carbocycles. The van der Waals surface area contributed by atoms with E-state index in [0.717, 1.165) is 5.06 Å². The van der Waals surface area contributed by atoms with E-state index in [1.165, 1.54) is 14.2 Å². The fourth-order valence-electron chi connectivity index (χ4n) is 1.33. The molecule has 4 nitrogen and oxygen atoms in total. The zero-order valence-corrected chi connectivity index (χ0v) is 16.2. The van der Waals surface area contributed by atoms with Crippen molar-refractivity contribution in [2.75, 3.05) is 14.2 Å². The lowest BCUT2D eigenvalue weighted by Gasteiger charge is -2.31. The number of hydroxylamine groups is 2. The zero-order valence-electron chi connectivity index (χ0n) is 15.2. The summed E-state index contributed by atoms with van der Waals surface area (Å²) in [7, 11) is 1.35. The van der Waals surface area contributed by atoms with Gasteiger partial charge in [-0.25, -0.2) is 5.06 Å². The Kier molecular flexibility index (Phi) is 8.09. The second kappa shape index (κ2) is 8.52. The van der Waals surface area contributed by atoms with Crippen molar-refractivity contribution in [1.29, 1.82) is 0 Å². The van der Waals surface area contributed by atoms with Crippen molar-refractivity contribution < 1.29 is 14.7 Å². The fraction of sp³-hybridized carbons (Fsp3) is 0.706. The molecule has 126 valence electrons. The van der Waals surface area contributed by atoms with Crippen molar-refractivity contribution in [1.82, 2.24) is 5.06 Å². The Labute approximate surface area is 136 Å². The summed E-state index contributed by atoms with van der Waals surface area (Å²) in [6.45, 7) is 13.1. The fourth-order valence-corrected chi connectivity index (χ4v) is 2.15. The molecular formula is C17H31NO3Si. The van der Waals surface area contributed by atoms with Crippen LogP contribution in [0.15, 0.2) is 12.2 Å². The molecule has 0 aliphatic heterocycles. The Morgan fingerprint density at radius 2 is 1.95 bits per heavy atom. The monoisotopic (exact) mass is 325 g/mol. The number of hydrogen-bond donors (Lipinski definition) is 1. The van der Waals surface area contributed by atoms with E-state index in [1.54, 1.807) is 6.08 Å². The van der Waals surface area contributed by atoms with Crippen LogP contribution in [0.5, 0.6) is 0 Å². The third-order valence-corrected chi connectivity index (χ3v) is 8.88. The van der Waals surface area contributed by atoms with Gasteiger partial charge in [0, 0.05) is 13.0 Å². The van der Waals surface area contributed by atoms with Gasteiger partial charge in [-0.15, -0.1) is 5.54 Å². The van der Waals surface area contributed by atoms with E-state index in [-0.39, 0.29) is 23.3 Å². The number of carbonyl (C=O) groups excluding carboxylic acids is 1. The lowest BCUT2D eigenvalue weighted by molar-refractivity contribution is -0.171. The molecule has 5 heteroatoms. The number of rotatable bonds is 5. The molecule has 0 saturated carbocycles. The lowest BCUT2D eigenvalue weighted by Crippen LogP contribution is -2.35. The molecule has 1 N–H and O–H groups in total. The van der Waals surface area contributed by atoms with Crippen molar-refractivity contribution in [2.24, 2.45) is 5.92 Å². The second-order valence-corrected chi connectivity index (χ2v) is 12.2. The largest absolute Gasteiger partial charge is 0.392 e. The second-order valence-electron chi connectivity index (χ2n) is 7.21. The Morgan fingerprint density at radius 1 is 1.41 bits per heavy atom. The van der Waals surface area contributed by atoms with Gasteiger partial charge in [0.25, 0.3) is 0 Å². The van der Waals surface area contributed by atoms with Crippen molar-refractivity contribution in [2.45, 2.75) is 58.4 Å². The molecule has 0 bridgehead atoms. The van der Waals surface area contributed by atoms with Crippen LogP contribution in [-0.4, -0.2) is 44.4 Å². The number of allylic oxidation sites excluding steroid dienone is 1. The van der Waals surface area contributed by atoms with Gasteiger partial charge in [-0.1, -0.05) is 52.8 Å². The van der Waals surface area contributed by atoms with Crippen molar-refractivity contribution >= 4 is 14.0 Å². The van der Waals surface area contributed by atoms with Gasteiger partial charge in [-0.05, 0) is 11.1 Å². The van der Waals surface area contributed by atoms with E-state index in [9.17, 15) is 9.90 Å². The van der Waals surface area contributed by atoms with Gasteiger partial charge in [0.05, 0.1) is 19.6 Å². The predicted molar refractivity (Wildman–Crippen MR) is 93.7 cm³/mol. The normalized spacial score (nSPS) is 15.1. The highest BCUT2D eigenvalue weighted by Crippen LogP contribution is 2.35. The SMILES string of the molecule is CON(C)C(=O)C[C@H](O)[C@H](C)/C=C/C#C[Si](C)(C)C(C)(C)C. The molecule has 0 aromatic carbocycles. The van der Waals surface area contributed by atoms with E-state index in [1.807, 2.05) is 13.0 Å². The van der Waals surface area contributed by atoms with Crippen LogP contribution in [0.1, 0.15) is 34.1 Å². The molecule has 0 rings (SSSR count). The first-order valence-corrected chi connectivity index (χ1v) is 10.6. The summed E-state index contributed by atoms with van der Waals surface area (Å²) in [5, 5.41) is 11.4. The standard InChI is InChI=1S/C17H31NO3Si/c1-14(15(19)13-16(20)18(5)21-6)11-9-10-12-22(7,8)17(2,3)4/h9,11,14-15,19H,13H2,1-8H3/b11-9+/t14-,15+/m1/s1. The summed E-state index contributed by atoms with van der Waals surface area (Å²) >= 11 is 0. The van der Waals surface area contributed by atoms with Crippen molar-refractivity contribution in [3.05, 3.63) is 12.2 Å². The van der Waals surface area contributed by atoms with Gasteiger partial charge in [0.1, 0.15) is 8.07 Å². The van der Waals surface area contributed by atoms with E-state index in [4.69, 9.17) is 4.84 Å². The molecule has 0 fully saturated rings. The number of hydrogen-bond acceptors (Lipinski definition) is 3. The van der Waals surface area contributed by atoms with Crippen LogP contribution in [-0.2, 0) is 9.63 Å². The molecular weight excluding hydrogens is 294 g/mol. The number of aliphatic hydroxyl groups excluding tert-OH is 1. The number of amides is 1. The first-order valence-electron chi connectivity index (χ1n) is 7.60. The lowest BCUT2D eigenvalue weighted by atomic mass is 10.0. The van der Waals surface area contributed by atoms with E-state index in [2.05, 4.69) is 45.3 Å². The average Bonchev–Trinajstić information content (AvgIpc) is 2.40. The summed E-state index contributed by atoms with van der Waals surface area (Å²) in [5.74, 6) is 2.72. The van der Waals surface area contributed by atoms with Gasteiger partial charge in [0.2, 0.25) is 5.91 Å². The molecule has 2 atom stereocenters. The molecule has 0 heterocycles. The topological polar surface area (TPSA) is 49.8 Å². The smallest absolute Gasteiger partial charge is 0.248 e. The summed E-state index contributed by atoms with van der Waals surface area (Å²) in [5.41, 5.74) is 3.39. The predicted octanol–water partition coefficient (Wildman–Crippen LogP) is 3.00. The van der Waals surface area contributed by atoms with Crippen LogP contribution in [0.2, 0.25) is 18.1 Å². The molecule has 0 unspecified atom stereocenters. The van der Waals surface area contributed by atoms with Crippen LogP contribution in [0.4, 0.5) is 0 Å². The molecule has 0 aliphatic rings. The van der Waals surface area contributed by atoms with Crippen LogP contribution in [0.25, 0.3) is 0 Å². The van der Waals surface area contributed by atoms with E-state index >= 15 is 0 Å². The highest BCUT2D eigenvalue weighted by atomic mass is 28.3. The minimum Gasteiger partial charge on any atom is -0.392 e. The summed E-state index contributed by atoms with van der Waals surface area (Å²) in [4.78, 5) is 16.5. The number of aliphatic hydroxyl groups is 1. The first kappa shape index (κ1) is 20.9. The van der Waals surface area contributed by atoms with E-state index < -0.39 is 14.2 Å². The zero-order chi connectivity index (χ0) is 17.6. The Hall–Kier alpha value is -1.09. The van der Waals surface area contributed by atoms with Crippen molar-refractivity contribution in [3.63, 3.8) is 0 Å². The molecule has 0 aromatic rings. The van der Waals surface area contributed by atoms with Gasteiger partial charge in [-0.3, -0.25) is 9.63 Å². The maximum atomic E-state index is 11.7. The summed E-state index contributed by atoms with van der Waals surface area (Å²) in [6, 6.07) is 0. The van der Waals surface area contributed by atoms with Crippen molar-refractivity contribution in [3.8, 4) is 11.5 Å². The molecule has 0 saturated heterocycles. The van der Waals surface area contributed by atoms with Gasteiger partial charge in [0.15, 0.2) is 0 Å². The minimum atomic E-state index is -1.60. The number of nitrogens with zero attached hydrogens (tertiary/aromatic N) is 1. The highest BCUT2D eigenvalue weighted by molar-refractivity contribution is 6.87. The maximum Gasteiger partial charge on any atom is 0.248 e. The van der Waals surface area contributed by atoms with Gasteiger partial charge < -0.3 is 5.11 Å². The molecule has 1 amide bonds. The first-order chi connectivity index (χ1) is 9.92. The molecule has 0 spiro atoms. The van der Waals surface area contributed by atoms with E-state index in [0.29, 0.717) is 0 Å². The highest BCUT2D eigenvalue weighted by Gasteiger charge is 2.33. The van der Waals surface area contributed by atoms with Crippen LogP contribution < -0.4 is 0 Å². The molecule has 22 heavy (non-hydrogen) atoms. The van der Waals surface area contributed by atoms with Gasteiger partial charge >= 0.3 is 0 Å². The molecule has 0 aromatic heterocycles. The number of carbonyl (C=O) groups is 1. The quantitative estimate of drug-likeness (QED) is 0.480. The Balaban J connectivity index is 4.62. The maximum absolute atomic E-state index is 11.7. The average molecular weight is 326 g/mol. The van der Waals surface area contributed by atoms with Gasteiger partial charge in [-0.2, -0.15) is 0 Å². The third kappa shape index (κ3) is 6.78. The van der Waals surface area contributed by atoms with Crippen LogP contribution >= 0.6 is 0 Å². The Morgan fingerprint density at radius 3 is 2.41 bits per heavy atom. The van der Waals surface area contributed by atoms with Crippen LogP contribution in [0.3, 0.4) is 0 Å². The minimum absolute atomic E-state index is 0.0332. The summed E-state index contributed by atoms with van der Waals surface area (Å²) in [6.07, 6.45) is 2.94. The van der Waals surface area contributed by atoms with Crippen LogP contribution in [0, 0.1) is 17.4 Å². The summed E-state index contributed by atoms with van der Waals surface area (Å²) < 4.78 is 0.